The number of Topliss-reactive ketones (excluding diaryl/α,β-unsaturated/α-hetero) is 1. The lowest BCUT2D eigenvalue weighted by molar-refractivity contribution is -0.133. The van der Waals surface area contributed by atoms with Gasteiger partial charge in [0.25, 0.3) is 0 Å². The molecule has 0 spiro atoms. The van der Waals surface area contributed by atoms with Gasteiger partial charge in [0.05, 0.1) is 14.2 Å². The predicted octanol–water partition coefficient (Wildman–Crippen LogP) is 3.42. The standard InChI is InChI=1S/C21H32N2O4.ClH/c1-5-17(6-2)22-11-13-23(14-12-22)21(25)10-8-18(24)16-7-9-19(26-3)20(15-16)27-4;/h7,9,15,17H,5-6,8,10-14H2,1-4H3;1H. The van der Waals surface area contributed by atoms with Gasteiger partial charge < -0.3 is 14.4 Å². The smallest absolute Gasteiger partial charge is 0.223 e. The molecular formula is C21H33ClN2O4. The van der Waals surface area contributed by atoms with Crippen molar-refractivity contribution in [3.8, 4) is 11.5 Å². The topological polar surface area (TPSA) is 59.1 Å². The van der Waals surface area contributed by atoms with Crippen molar-refractivity contribution in [1.82, 2.24) is 9.80 Å². The Balaban J connectivity index is 0.00000392. The lowest BCUT2D eigenvalue weighted by Crippen LogP contribution is -2.51. The van der Waals surface area contributed by atoms with Gasteiger partial charge in [-0.1, -0.05) is 13.8 Å². The van der Waals surface area contributed by atoms with Crippen LogP contribution in [-0.2, 0) is 4.79 Å². The largest absolute Gasteiger partial charge is 0.493 e. The van der Waals surface area contributed by atoms with E-state index in [2.05, 4.69) is 18.7 Å². The van der Waals surface area contributed by atoms with Crippen LogP contribution in [0.4, 0.5) is 0 Å². The molecule has 2 rings (SSSR count). The number of amides is 1. The monoisotopic (exact) mass is 412 g/mol. The summed E-state index contributed by atoms with van der Waals surface area (Å²) < 4.78 is 10.4. The predicted molar refractivity (Wildman–Crippen MR) is 113 cm³/mol. The molecule has 0 atom stereocenters. The van der Waals surface area contributed by atoms with Gasteiger partial charge >= 0.3 is 0 Å². The molecule has 0 aliphatic carbocycles. The number of benzene rings is 1. The number of rotatable bonds is 9. The summed E-state index contributed by atoms with van der Waals surface area (Å²) in [4.78, 5) is 29.3. The molecule has 1 aromatic rings. The van der Waals surface area contributed by atoms with Gasteiger partial charge in [-0.3, -0.25) is 14.5 Å². The zero-order valence-electron chi connectivity index (χ0n) is 17.4. The second-order valence-corrected chi connectivity index (χ2v) is 6.88. The Hall–Kier alpha value is -1.79. The second kappa shape index (κ2) is 11.9. The van der Waals surface area contributed by atoms with E-state index in [9.17, 15) is 9.59 Å². The number of carbonyl (C=O) groups excluding carboxylic acids is 2. The fourth-order valence-electron chi connectivity index (χ4n) is 3.67. The summed E-state index contributed by atoms with van der Waals surface area (Å²) in [7, 11) is 3.10. The van der Waals surface area contributed by atoms with Gasteiger partial charge in [0.15, 0.2) is 17.3 Å². The highest BCUT2D eigenvalue weighted by Gasteiger charge is 2.24. The van der Waals surface area contributed by atoms with E-state index in [0.717, 1.165) is 39.0 Å². The molecule has 1 aliphatic heterocycles. The molecule has 0 radical (unpaired) electrons. The lowest BCUT2D eigenvalue weighted by Gasteiger charge is -2.38. The molecule has 6 nitrogen and oxygen atoms in total. The maximum Gasteiger partial charge on any atom is 0.223 e. The van der Waals surface area contributed by atoms with E-state index >= 15 is 0 Å². The fraction of sp³-hybridized carbons (Fsp3) is 0.619. The van der Waals surface area contributed by atoms with Crippen molar-refractivity contribution in [3.63, 3.8) is 0 Å². The van der Waals surface area contributed by atoms with E-state index in [4.69, 9.17) is 9.47 Å². The average Bonchev–Trinajstić information content (AvgIpc) is 2.72. The summed E-state index contributed by atoms with van der Waals surface area (Å²) in [6, 6.07) is 5.70. The first kappa shape index (κ1) is 24.2. The van der Waals surface area contributed by atoms with Crippen LogP contribution in [0.15, 0.2) is 18.2 Å². The number of ketones is 1. The summed E-state index contributed by atoms with van der Waals surface area (Å²) >= 11 is 0. The van der Waals surface area contributed by atoms with E-state index in [1.807, 2.05) is 4.90 Å². The average molecular weight is 413 g/mol. The highest BCUT2D eigenvalue weighted by Crippen LogP contribution is 2.28. The summed E-state index contributed by atoms with van der Waals surface area (Å²) in [5.41, 5.74) is 0.541. The zero-order chi connectivity index (χ0) is 19.8. The summed E-state index contributed by atoms with van der Waals surface area (Å²) in [5.74, 6) is 1.11. The summed E-state index contributed by atoms with van der Waals surface area (Å²) in [6.45, 7) is 7.76. The molecule has 1 aromatic carbocycles. The molecular weight excluding hydrogens is 380 g/mol. The van der Waals surface area contributed by atoms with Crippen LogP contribution in [-0.4, -0.2) is 67.9 Å². The first-order chi connectivity index (χ1) is 13.0. The Morgan fingerprint density at radius 3 is 2.11 bits per heavy atom. The van der Waals surface area contributed by atoms with Gasteiger partial charge in [0.2, 0.25) is 5.91 Å². The molecule has 1 aliphatic rings. The maximum absolute atomic E-state index is 12.5. The number of carbonyl (C=O) groups is 2. The van der Waals surface area contributed by atoms with Crippen LogP contribution < -0.4 is 9.47 Å². The number of hydrogen-bond acceptors (Lipinski definition) is 5. The molecule has 1 heterocycles. The minimum atomic E-state index is -0.0556. The van der Waals surface area contributed by atoms with Crippen molar-refractivity contribution in [1.29, 1.82) is 0 Å². The van der Waals surface area contributed by atoms with Gasteiger partial charge in [0, 0.05) is 50.6 Å². The Kier molecular flexibility index (Phi) is 10.3. The summed E-state index contributed by atoms with van der Waals surface area (Å²) in [5, 5.41) is 0. The molecule has 0 saturated carbocycles. The van der Waals surface area contributed by atoms with Crippen molar-refractivity contribution < 1.29 is 19.1 Å². The van der Waals surface area contributed by atoms with Gasteiger partial charge in [-0.15, -0.1) is 12.4 Å². The molecule has 1 amide bonds. The Morgan fingerprint density at radius 2 is 1.57 bits per heavy atom. The lowest BCUT2D eigenvalue weighted by atomic mass is 10.0. The van der Waals surface area contributed by atoms with Crippen molar-refractivity contribution in [3.05, 3.63) is 23.8 Å². The fourth-order valence-corrected chi connectivity index (χ4v) is 3.67. The highest BCUT2D eigenvalue weighted by atomic mass is 35.5. The van der Waals surface area contributed by atoms with Crippen LogP contribution in [0, 0.1) is 0 Å². The van der Waals surface area contributed by atoms with Crippen LogP contribution in [0.2, 0.25) is 0 Å². The number of methoxy groups -OCH3 is 2. The molecule has 0 bridgehead atoms. The third kappa shape index (κ3) is 6.11. The second-order valence-electron chi connectivity index (χ2n) is 6.88. The van der Waals surface area contributed by atoms with Gasteiger partial charge in [0.1, 0.15) is 0 Å². The number of hydrogen-bond donors (Lipinski definition) is 0. The van der Waals surface area contributed by atoms with Crippen LogP contribution in [0.5, 0.6) is 11.5 Å². The zero-order valence-corrected chi connectivity index (χ0v) is 18.2. The first-order valence-electron chi connectivity index (χ1n) is 9.81. The van der Waals surface area contributed by atoms with Gasteiger partial charge in [-0.25, -0.2) is 0 Å². The quantitative estimate of drug-likeness (QED) is 0.581. The van der Waals surface area contributed by atoms with E-state index in [1.54, 1.807) is 25.3 Å². The molecule has 0 unspecified atom stereocenters. The van der Waals surface area contributed by atoms with Gasteiger partial charge in [-0.05, 0) is 31.0 Å². The highest BCUT2D eigenvalue weighted by molar-refractivity contribution is 5.98. The number of piperazine rings is 1. The Morgan fingerprint density at radius 1 is 0.964 bits per heavy atom. The molecule has 28 heavy (non-hydrogen) atoms. The number of ether oxygens (including phenoxy) is 2. The third-order valence-corrected chi connectivity index (χ3v) is 5.40. The van der Waals surface area contributed by atoms with E-state index in [0.29, 0.717) is 23.1 Å². The van der Waals surface area contributed by atoms with Crippen molar-refractivity contribution >= 4 is 24.1 Å². The minimum absolute atomic E-state index is 0. The van der Waals surface area contributed by atoms with Crippen molar-refractivity contribution in [2.24, 2.45) is 0 Å². The van der Waals surface area contributed by atoms with E-state index in [-0.39, 0.29) is 36.9 Å². The molecule has 0 N–H and O–H groups in total. The normalized spacial score (nSPS) is 14.5. The number of halogens is 1. The minimum Gasteiger partial charge on any atom is -0.493 e. The Bertz CT molecular complexity index is 641. The van der Waals surface area contributed by atoms with Crippen LogP contribution in [0.25, 0.3) is 0 Å². The third-order valence-electron chi connectivity index (χ3n) is 5.40. The van der Waals surface area contributed by atoms with E-state index in [1.165, 1.54) is 7.11 Å². The molecule has 0 aromatic heterocycles. The van der Waals surface area contributed by atoms with Crippen LogP contribution in [0.1, 0.15) is 49.9 Å². The van der Waals surface area contributed by atoms with Crippen LogP contribution >= 0.6 is 12.4 Å². The Labute approximate surface area is 174 Å². The summed E-state index contributed by atoms with van der Waals surface area (Å²) in [6.07, 6.45) is 2.74. The van der Waals surface area contributed by atoms with Crippen molar-refractivity contribution in [2.45, 2.75) is 45.6 Å². The maximum atomic E-state index is 12.5. The molecule has 1 fully saturated rings. The first-order valence-corrected chi connectivity index (χ1v) is 9.81. The molecule has 7 heteroatoms. The number of nitrogens with zero attached hydrogens (tertiary/aromatic N) is 2. The van der Waals surface area contributed by atoms with Gasteiger partial charge in [-0.2, -0.15) is 0 Å². The van der Waals surface area contributed by atoms with Crippen LogP contribution in [0.3, 0.4) is 0 Å². The SMILES string of the molecule is CCC(CC)N1CCN(C(=O)CCC(=O)c2ccc(OC)c(OC)c2)CC1.Cl. The van der Waals surface area contributed by atoms with E-state index < -0.39 is 0 Å². The van der Waals surface area contributed by atoms with Crippen molar-refractivity contribution in [2.75, 3.05) is 40.4 Å². The molecule has 158 valence electrons. The molecule has 1 saturated heterocycles.